The predicted octanol–water partition coefficient (Wildman–Crippen LogP) is 7.85. The molecule has 4 aromatic carbocycles. The van der Waals surface area contributed by atoms with Crippen LogP contribution in [0.5, 0.6) is 5.88 Å². The van der Waals surface area contributed by atoms with Gasteiger partial charge in [0.2, 0.25) is 35.5 Å². The van der Waals surface area contributed by atoms with Crippen LogP contribution in [-0.2, 0) is 82.0 Å². The van der Waals surface area contributed by atoms with Gasteiger partial charge in [0.15, 0.2) is 17.4 Å². The van der Waals surface area contributed by atoms with Gasteiger partial charge in [-0.1, -0.05) is 92.7 Å². The van der Waals surface area contributed by atoms with Crippen molar-refractivity contribution < 1.29 is 75.3 Å². The maximum atomic E-state index is 14.0. The first-order valence-corrected chi connectivity index (χ1v) is 35.0. The number of fused-ring (bicyclic) bond motifs is 6. The summed E-state index contributed by atoms with van der Waals surface area (Å²) in [7, 11) is -5.11. The molecule has 11 rings (SSSR count). The molecule has 3 aliphatic heterocycles. The van der Waals surface area contributed by atoms with Crippen LogP contribution < -0.4 is 36.5 Å². The number of carbonyl (C=O) groups excluding carboxylic acids is 6. The van der Waals surface area contributed by atoms with Gasteiger partial charge in [0.05, 0.1) is 32.2 Å². The number of allylic oxidation sites excluding steroid dienone is 1. The molecular formula is C68H78N12O17P2. The maximum Gasteiger partial charge on any atom is 0.410 e. The van der Waals surface area contributed by atoms with Crippen LogP contribution in [0, 0.1) is 11.8 Å². The number of nitrogens with one attached hydrogen (secondary N) is 5. The lowest BCUT2D eigenvalue weighted by Gasteiger charge is -2.31. The van der Waals surface area contributed by atoms with Crippen LogP contribution >= 0.6 is 16.5 Å². The van der Waals surface area contributed by atoms with Gasteiger partial charge in [0.1, 0.15) is 49.4 Å². The molecule has 7 aromatic rings. The Morgan fingerprint density at radius 1 is 0.838 bits per heavy atom. The molecule has 29 nitrogen and oxygen atoms in total. The van der Waals surface area contributed by atoms with Crippen molar-refractivity contribution >= 4 is 80.6 Å². The molecule has 6 heterocycles. The van der Waals surface area contributed by atoms with Crippen molar-refractivity contribution in [2.24, 2.45) is 11.8 Å². The Morgan fingerprint density at radius 3 is 2.35 bits per heavy atom. The van der Waals surface area contributed by atoms with Crippen molar-refractivity contribution in [3.63, 3.8) is 0 Å². The van der Waals surface area contributed by atoms with Gasteiger partial charge in [-0.2, -0.15) is 4.98 Å². The molecule has 31 heteroatoms. The number of benzene rings is 4. The number of aromatic amines is 1. The molecule has 6 amide bonds. The van der Waals surface area contributed by atoms with E-state index in [1.165, 1.54) is 53.9 Å². The minimum absolute atomic E-state index is 0.0313. The average molecular weight is 1400 g/mol. The van der Waals surface area contributed by atoms with Crippen LogP contribution in [0.15, 0.2) is 139 Å². The Labute approximate surface area is 570 Å². The minimum atomic E-state index is -3.39. The molecular weight excluding hydrogens is 1320 g/mol. The van der Waals surface area contributed by atoms with Crippen molar-refractivity contribution in [3.05, 3.63) is 178 Å². The summed E-state index contributed by atoms with van der Waals surface area (Å²) in [4.78, 5) is 117. The van der Waals surface area contributed by atoms with E-state index in [1.807, 2.05) is 53.4 Å². The fourth-order valence-electron chi connectivity index (χ4n) is 12.4. The van der Waals surface area contributed by atoms with Crippen molar-refractivity contribution in [2.75, 3.05) is 35.8 Å². The van der Waals surface area contributed by atoms with E-state index >= 15 is 0 Å². The van der Waals surface area contributed by atoms with Crippen molar-refractivity contribution in [1.82, 2.24) is 45.0 Å². The largest absolute Gasteiger partial charge is 0.474 e. The van der Waals surface area contributed by atoms with Crippen LogP contribution in [0.3, 0.4) is 0 Å². The minimum Gasteiger partial charge on any atom is -0.474 e. The number of amides is 6. The van der Waals surface area contributed by atoms with Crippen molar-refractivity contribution in [2.45, 2.75) is 140 Å². The van der Waals surface area contributed by atoms with E-state index in [2.05, 4.69) is 58.8 Å². The number of aliphatic hydroxyl groups is 1. The van der Waals surface area contributed by atoms with Gasteiger partial charge in [0.25, 0.3) is 11.5 Å². The van der Waals surface area contributed by atoms with Gasteiger partial charge in [-0.3, -0.25) is 57.3 Å². The summed E-state index contributed by atoms with van der Waals surface area (Å²) in [6, 6.07) is 28.6. The lowest BCUT2D eigenvalue weighted by molar-refractivity contribution is -0.131. The van der Waals surface area contributed by atoms with Gasteiger partial charge in [-0.05, 0) is 90.6 Å². The van der Waals surface area contributed by atoms with Crippen LogP contribution in [0.4, 0.5) is 22.1 Å². The van der Waals surface area contributed by atoms with E-state index in [1.54, 1.807) is 62.4 Å². The first kappa shape index (κ1) is 71.0. The first-order valence-electron chi connectivity index (χ1n) is 32.5. The summed E-state index contributed by atoms with van der Waals surface area (Å²) in [5.74, 6) is -2.91. The number of aromatic nitrogens is 6. The van der Waals surface area contributed by atoms with E-state index in [-0.39, 0.29) is 78.9 Å². The fourth-order valence-corrected chi connectivity index (χ4v) is 14.2. The Balaban J connectivity index is 0.632. The number of unbranched alkanes of at least 4 members (excludes halogenated alkanes) is 1. The number of para-hydroxylation sites is 1. The Morgan fingerprint density at radius 2 is 1.58 bits per heavy atom. The third-order valence-corrected chi connectivity index (χ3v) is 19.4. The van der Waals surface area contributed by atoms with Gasteiger partial charge >= 0.3 is 22.6 Å². The molecule has 3 unspecified atom stereocenters. The number of aliphatic hydroxyl groups excluding tert-OH is 1. The lowest BCUT2D eigenvalue weighted by Crippen LogP contribution is -2.53. The highest BCUT2D eigenvalue weighted by Gasteiger charge is 2.49. The molecule has 2 saturated heterocycles. The van der Waals surface area contributed by atoms with Gasteiger partial charge in [-0.25, -0.2) is 19.7 Å². The number of nitrogens with zero attached hydrogens (tertiary/aromatic N) is 7. The van der Waals surface area contributed by atoms with Crippen molar-refractivity contribution in [3.8, 4) is 5.88 Å². The molecule has 99 heavy (non-hydrogen) atoms. The second-order valence-electron chi connectivity index (χ2n) is 25.0. The SMILES string of the molecule is C=CC1Cc2ccccc2CN(C(=O)CCCCC(=O)N[C@H](C(=O)N[C@@H](C)C(=O)Nc2ccc(COC(=O)N(C)Cc3ccccc3C(=O)Nc3nc4c(ncn4[C@@H]4O[C@@H]5CO[PH](=O)O[C@H]6C[C@H](Oc7ccncn7)C[C@@H]6CO[PH](=O)O[C@@H]4[C@@H]5O)c(=O)[nH]3)cc2)C(C)C)c2ccccc21. The number of hydrogen-bond donors (Lipinski definition) is 6. The van der Waals surface area contributed by atoms with Gasteiger partial charge in [0, 0.05) is 73.9 Å². The third kappa shape index (κ3) is 17.6. The molecule has 4 aliphatic rings. The van der Waals surface area contributed by atoms with Crippen LogP contribution in [0.25, 0.3) is 11.2 Å². The average Bonchev–Trinajstić information content (AvgIpc) is 1.58. The monoisotopic (exact) mass is 1400 g/mol. The van der Waals surface area contributed by atoms with E-state index in [4.69, 9.17) is 32.3 Å². The van der Waals surface area contributed by atoms with E-state index in [9.17, 15) is 47.8 Å². The summed E-state index contributed by atoms with van der Waals surface area (Å²) in [6.45, 7) is 8.75. The maximum absolute atomic E-state index is 14.0. The number of imidazole rings is 1. The number of H-pyrrole nitrogens is 1. The molecule has 3 fully saturated rings. The van der Waals surface area contributed by atoms with Crippen molar-refractivity contribution in [1.29, 1.82) is 0 Å². The number of anilines is 3. The summed E-state index contributed by atoms with van der Waals surface area (Å²) < 4.78 is 68.6. The molecule has 2 bridgehead atoms. The zero-order chi connectivity index (χ0) is 69.9. The van der Waals surface area contributed by atoms with Crippen LogP contribution in [0.1, 0.15) is 110 Å². The molecule has 12 atom stereocenters. The number of carbonyl (C=O) groups is 6. The third-order valence-electron chi connectivity index (χ3n) is 17.7. The standard InChI is InChI=1S/C68H78N12O17P2/c1-6-42-29-43-15-7-8-16-44(43)33-79(51-20-12-11-18-49(42)51)56(82)22-14-13-21-54(81)74-57(39(2)3)64(86)72-40(4)62(84)73-47-25-23-41(24-26-47)34-91-68(88)78(5)32-45-17-9-10-19-50(45)63(85)76-67-75-61-58(65(87)77-67)71-38-80(61)66-60-59(83)53(95-66)36-93-98(89)96-52-31-48(94-55-27-28-69-37-70-55)30-46(52)35-92-99(90)97-60/h6-12,15-20,23-28,37-40,42,46,48,52-53,57,59-60,66,83,98-99H,1,13-14,21-22,29-36H2,2-5H3,(H,72,86)(H,73,84)(H,74,81)(H2,75,76,77,85,87)/t40-,42?,46+,48+,52-,53+,57-,59+,60+,66+/m0/s1. The highest BCUT2D eigenvalue weighted by atomic mass is 31.1. The molecule has 522 valence electrons. The summed E-state index contributed by atoms with van der Waals surface area (Å²) in [6.07, 6.45) is 1.25. The number of hydrogen-bond acceptors (Lipinski definition) is 21. The van der Waals surface area contributed by atoms with Gasteiger partial charge in [-0.15, -0.1) is 6.58 Å². The number of rotatable bonds is 21. The second kappa shape index (κ2) is 32.6. The Kier molecular flexibility index (Phi) is 23.4. The molecule has 1 aliphatic carbocycles. The normalized spacial score (nSPS) is 22.8. The van der Waals surface area contributed by atoms with Crippen LogP contribution in [-0.4, -0.2) is 138 Å². The van der Waals surface area contributed by atoms with E-state index < -0.39 is 107 Å². The lowest BCUT2D eigenvalue weighted by atomic mass is 9.86. The van der Waals surface area contributed by atoms with E-state index in [0.717, 1.165) is 23.2 Å². The van der Waals surface area contributed by atoms with Crippen LogP contribution in [0.2, 0.25) is 0 Å². The van der Waals surface area contributed by atoms with E-state index in [0.29, 0.717) is 54.9 Å². The highest BCUT2D eigenvalue weighted by Crippen LogP contribution is 2.45. The summed E-state index contributed by atoms with van der Waals surface area (Å²) in [5.41, 5.74) is 4.50. The summed E-state index contributed by atoms with van der Waals surface area (Å²) in [5, 5.41) is 22.4. The zero-order valence-electron chi connectivity index (χ0n) is 54.8. The number of ether oxygens (including phenoxy) is 3. The topological polar surface area (TPSA) is 365 Å². The van der Waals surface area contributed by atoms with Gasteiger partial charge < -0.3 is 58.6 Å². The quantitative estimate of drug-likeness (QED) is 0.0226. The fraction of sp³-hybridized carbons (Fsp3) is 0.397. The second-order valence-corrected chi connectivity index (χ2v) is 27.0. The smallest absolute Gasteiger partial charge is 0.410 e. The molecule has 1 saturated carbocycles. The predicted molar refractivity (Wildman–Crippen MR) is 362 cm³/mol. The molecule has 3 aromatic heterocycles. The first-order chi connectivity index (χ1) is 47.8. The zero-order valence-corrected chi connectivity index (χ0v) is 56.8. The molecule has 6 N–H and O–H groups in total. The molecule has 0 radical (unpaired) electrons. The molecule has 0 spiro atoms. The Bertz CT molecular complexity index is 4200. The highest BCUT2D eigenvalue weighted by molar-refractivity contribution is 7.33. The Hall–Kier alpha value is -9.31. The summed E-state index contributed by atoms with van der Waals surface area (Å²) >= 11 is 0.